The maximum Gasteiger partial charge on any atom is 0.135 e. The molecule has 5 heteroatoms. The number of fused-ring (bicyclic) bond motifs is 1. The van der Waals surface area contributed by atoms with Crippen LogP contribution in [0.15, 0.2) is 18.2 Å². The molecular weight excluding hydrogens is 242 g/mol. The van der Waals surface area contributed by atoms with Crippen molar-refractivity contribution in [2.75, 3.05) is 20.3 Å². The van der Waals surface area contributed by atoms with E-state index in [0.717, 1.165) is 35.6 Å². The molecule has 1 aromatic carbocycles. The van der Waals surface area contributed by atoms with Crippen LogP contribution in [-0.4, -0.2) is 29.8 Å². The maximum atomic E-state index is 5.50. The third-order valence-corrected chi connectivity index (χ3v) is 2.98. The highest BCUT2D eigenvalue weighted by Gasteiger charge is 2.10. The molecule has 0 spiro atoms. The number of rotatable bonds is 7. The second-order valence-corrected chi connectivity index (χ2v) is 4.38. The zero-order valence-electron chi connectivity index (χ0n) is 11.6. The van der Waals surface area contributed by atoms with Crippen LogP contribution in [0.25, 0.3) is 11.0 Å². The predicted molar refractivity (Wildman–Crippen MR) is 75.3 cm³/mol. The molecular formula is C14H21N3O2. The standard InChI is InChI=1S/C14H21N3O2/c1-3-7-17-13-5-4-11(18-2)9-12(13)16-14(17)10-19-8-6-15/h4-5,9H,3,6-8,10,15H2,1-2H3. The summed E-state index contributed by atoms with van der Waals surface area (Å²) in [6.07, 6.45) is 1.06. The molecule has 0 radical (unpaired) electrons. The Kier molecular flexibility index (Phi) is 4.76. The van der Waals surface area contributed by atoms with E-state index in [1.807, 2.05) is 18.2 Å². The fourth-order valence-electron chi connectivity index (χ4n) is 2.12. The van der Waals surface area contributed by atoms with Crippen LogP contribution in [0.5, 0.6) is 5.75 Å². The van der Waals surface area contributed by atoms with Gasteiger partial charge in [-0.05, 0) is 18.6 Å². The molecule has 0 amide bonds. The van der Waals surface area contributed by atoms with E-state index in [9.17, 15) is 0 Å². The van der Waals surface area contributed by atoms with Gasteiger partial charge in [-0.1, -0.05) is 6.92 Å². The lowest BCUT2D eigenvalue weighted by Gasteiger charge is -2.08. The van der Waals surface area contributed by atoms with Crippen LogP contribution in [0.4, 0.5) is 0 Å². The van der Waals surface area contributed by atoms with Crippen molar-refractivity contribution in [3.8, 4) is 5.75 Å². The molecule has 2 N–H and O–H groups in total. The van der Waals surface area contributed by atoms with E-state index in [0.29, 0.717) is 19.8 Å². The third-order valence-electron chi connectivity index (χ3n) is 2.98. The lowest BCUT2D eigenvalue weighted by molar-refractivity contribution is 0.120. The number of ether oxygens (including phenoxy) is 2. The van der Waals surface area contributed by atoms with Crippen LogP contribution in [0.1, 0.15) is 19.2 Å². The van der Waals surface area contributed by atoms with Gasteiger partial charge in [0.1, 0.15) is 18.2 Å². The van der Waals surface area contributed by atoms with Gasteiger partial charge in [0.2, 0.25) is 0 Å². The fourth-order valence-corrected chi connectivity index (χ4v) is 2.12. The highest BCUT2D eigenvalue weighted by Crippen LogP contribution is 2.22. The van der Waals surface area contributed by atoms with Crippen LogP contribution in [0, 0.1) is 0 Å². The van der Waals surface area contributed by atoms with E-state index in [1.54, 1.807) is 7.11 Å². The second-order valence-electron chi connectivity index (χ2n) is 4.38. The summed E-state index contributed by atoms with van der Waals surface area (Å²) < 4.78 is 12.9. The second kappa shape index (κ2) is 6.54. The zero-order chi connectivity index (χ0) is 13.7. The van der Waals surface area contributed by atoms with Gasteiger partial charge in [0.05, 0.1) is 24.8 Å². The fraction of sp³-hybridized carbons (Fsp3) is 0.500. The van der Waals surface area contributed by atoms with Gasteiger partial charge in [-0.25, -0.2) is 4.98 Å². The minimum absolute atomic E-state index is 0.494. The average molecular weight is 263 g/mol. The average Bonchev–Trinajstić information content (AvgIpc) is 2.77. The molecule has 0 aliphatic rings. The molecule has 0 saturated carbocycles. The molecule has 19 heavy (non-hydrogen) atoms. The van der Waals surface area contributed by atoms with Crippen molar-refractivity contribution >= 4 is 11.0 Å². The van der Waals surface area contributed by atoms with E-state index >= 15 is 0 Å². The van der Waals surface area contributed by atoms with Gasteiger partial charge < -0.3 is 19.8 Å². The number of hydrogen-bond donors (Lipinski definition) is 1. The Balaban J connectivity index is 2.34. The first-order valence-electron chi connectivity index (χ1n) is 6.61. The molecule has 1 heterocycles. The summed E-state index contributed by atoms with van der Waals surface area (Å²) in [5.74, 6) is 1.77. The number of hydrogen-bond acceptors (Lipinski definition) is 4. The van der Waals surface area contributed by atoms with Gasteiger partial charge in [0.15, 0.2) is 0 Å². The Labute approximate surface area is 113 Å². The Hall–Kier alpha value is -1.59. The van der Waals surface area contributed by atoms with E-state index < -0.39 is 0 Å². The van der Waals surface area contributed by atoms with Gasteiger partial charge >= 0.3 is 0 Å². The van der Waals surface area contributed by atoms with Gasteiger partial charge in [0.25, 0.3) is 0 Å². The normalized spacial score (nSPS) is 11.1. The minimum atomic E-state index is 0.494. The minimum Gasteiger partial charge on any atom is -0.497 e. The maximum absolute atomic E-state index is 5.50. The molecule has 0 aliphatic heterocycles. The van der Waals surface area contributed by atoms with Gasteiger partial charge in [0, 0.05) is 19.2 Å². The van der Waals surface area contributed by atoms with E-state index in [1.165, 1.54) is 0 Å². The number of aromatic nitrogens is 2. The first kappa shape index (κ1) is 13.8. The Bertz CT molecular complexity index is 537. The number of nitrogens with zero attached hydrogens (tertiary/aromatic N) is 2. The molecule has 2 aromatic rings. The van der Waals surface area contributed by atoms with E-state index in [4.69, 9.17) is 15.2 Å². The number of aryl methyl sites for hydroxylation is 1. The summed E-state index contributed by atoms with van der Waals surface area (Å²) >= 11 is 0. The van der Waals surface area contributed by atoms with Crippen molar-refractivity contribution in [1.29, 1.82) is 0 Å². The molecule has 0 bridgehead atoms. The van der Waals surface area contributed by atoms with Crippen molar-refractivity contribution in [1.82, 2.24) is 9.55 Å². The van der Waals surface area contributed by atoms with Crippen molar-refractivity contribution in [3.63, 3.8) is 0 Å². The molecule has 0 saturated heterocycles. The van der Waals surface area contributed by atoms with Crippen molar-refractivity contribution in [2.24, 2.45) is 5.73 Å². The quantitative estimate of drug-likeness (QED) is 0.775. The van der Waals surface area contributed by atoms with Crippen LogP contribution in [-0.2, 0) is 17.9 Å². The van der Waals surface area contributed by atoms with Crippen LogP contribution in [0.2, 0.25) is 0 Å². The first-order chi connectivity index (χ1) is 9.30. The topological polar surface area (TPSA) is 62.3 Å². The summed E-state index contributed by atoms with van der Waals surface area (Å²) in [6, 6.07) is 5.96. The van der Waals surface area contributed by atoms with Crippen molar-refractivity contribution in [3.05, 3.63) is 24.0 Å². The molecule has 5 nitrogen and oxygen atoms in total. The van der Waals surface area contributed by atoms with Gasteiger partial charge in [-0.3, -0.25) is 0 Å². The van der Waals surface area contributed by atoms with Crippen LogP contribution in [0.3, 0.4) is 0 Å². The summed E-state index contributed by atoms with van der Waals surface area (Å²) in [4.78, 5) is 4.63. The Morgan fingerprint density at radius 3 is 2.89 bits per heavy atom. The summed E-state index contributed by atoms with van der Waals surface area (Å²) in [5, 5.41) is 0. The summed E-state index contributed by atoms with van der Waals surface area (Å²) in [7, 11) is 1.66. The zero-order valence-corrected chi connectivity index (χ0v) is 11.6. The molecule has 0 aliphatic carbocycles. The van der Waals surface area contributed by atoms with Crippen molar-refractivity contribution < 1.29 is 9.47 Å². The number of nitrogens with two attached hydrogens (primary N) is 1. The number of benzene rings is 1. The van der Waals surface area contributed by atoms with E-state index in [2.05, 4.69) is 16.5 Å². The highest BCUT2D eigenvalue weighted by molar-refractivity contribution is 5.77. The molecule has 0 atom stereocenters. The SMILES string of the molecule is CCCn1c(COCCN)nc2cc(OC)ccc21. The smallest absolute Gasteiger partial charge is 0.135 e. The van der Waals surface area contributed by atoms with E-state index in [-0.39, 0.29) is 0 Å². The summed E-state index contributed by atoms with van der Waals surface area (Å²) in [6.45, 7) is 4.67. The van der Waals surface area contributed by atoms with Gasteiger partial charge in [-0.15, -0.1) is 0 Å². The molecule has 1 aromatic heterocycles. The highest BCUT2D eigenvalue weighted by atomic mass is 16.5. The number of methoxy groups -OCH3 is 1. The Morgan fingerprint density at radius 2 is 2.21 bits per heavy atom. The third kappa shape index (κ3) is 3.05. The lowest BCUT2D eigenvalue weighted by Crippen LogP contribution is -2.11. The van der Waals surface area contributed by atoms with Gasteiger partial charge in [-0.2, -0.15) is 0 Å². The molecule has 0 fully saturated rings. The van der Waals surface area contributed by atoms with Crippen molar-refractivity contribution in [2.45, 2.75) is 26.5 Å². The molecule has 2 rings (SSSR count). The monoisotopic (exact) mass is 263 g/mol. The molecule has 104 valence electrons. The molecule has 0 unspecified atom stereocenters. The van der Waals surface area contributed by atoms with Crippen LogP contribution >= 0.6 is 0 Å². The lowest BCUT2D eigenvalue weighted by atomic mass is 10.3. The summed E-state index contributed by atoms with van der Waals surface area (Å²) in [5.41, 5.74) is 7.50. The number of imidazole rings is 1. The Morgan fingerprint density at radius 1 is 1.37 bits per heavy atom. The van der Waals surface area contributed by atoms with Crippen LogP contribution < -0.4 is 10.5 Å². The largest absolute Gasteiger partial charge is 0.497 e. The predicted octanol–water partition coefficient (Wildman–Crippen LogP) is 1.93. The first-order valence-corrected chi connectivity index (χ1v) is 6.61.